The predicted octanol–water partition coefficient (Wildman–Crippen LogP) is 1.50. The van der Waals surface area contributed by atoms with Crippen LogP contribution in [0.4, 0.5) is 0 Å². The maximum absolute atomic E-state index is 5.08. The summed E-state index contributed by atoms with van der Waals surface area (Å²) in [6.45, 7) is 2.20. The molecule has 0 saturated heterocycles. The Bertz CT molecular complexity index is 61.1. The summed E-state index contributed by atoms with van der Waals surface area (Å²) in [5.74, 6) is 0. The fourth-order valence-corrected chi connectivity index (χ4v) is 1.85. The van der Waals surface area contributed by atoms with E-state index >= 15 is 0 Å². The van der Waals surface area contributed by atoms with Gasteiger partial charge in [0.15, 0.2) is 0 Å². The second kappa shape index (κ2) is 6.35. The first-order valence-electron chi connectivity index (χ1n) is 2.49. The van der Waals surface area contributed by atoms with Crippen molar-refractivity contribution in [3.63, 3.8) is 0 Å². The van der Waals surface area contributed by atoms with Crippen LogP contribution in [0.15, 0.2) is 0 Å². The van der Waals surface area contributed by atoms with E-state index in [1.54, 1.807) is 0 Å². The summed E-state index contributed by atoms with van der Waals surface area (Å²) < 4.78 is 4.06. The second-order valence-corrected chi connectivity index (χ2v) is 3.98. The molecule has 0 radical (unpaired) electrons. The van der Waals surface area contributed by atoms with Crippen molar-refractivity contribution in [3.05, 3.63) is 0 Å². The quantitative estimate of drug-likeness (QED) is 0.376. The molecule has 0 heterocycles. The van der Waals surface area contributed by atoms with E-state index in [1.165, 1.54) is 17.3 Å². The minimum atomic E-state index is 0.00337. The first-order valence-corrected chi connectivity index (χ1v) is 5.30. The fourth-order valence-electron chi connectivity index (χ4n) is 0.275. The van der Waals surface area contributed by atoms with Crippen LogP contribution < -0.4 is 0 Å². The molecule has 0 aromatic carbocycles. The van der Waals surface area contributed by atoms with E-state index in [4.69, 9.17) is 6.42 Å². The molecule has 0 aliphatic rings. The third-order valence-corrected chi connectivity index (χ3v) is 2.57. The van der Waals surface area contributed by atoms with E-state index in [1.807, 2.05) is 0 Å². The van der Waals surface area contributed by atoms with E-state index in [0.717, 1.165) is 0 Å². The van der Waals surface area contributed by atoms with Gasteiger partial charge in [0, 0.05) is 0 Å². The van der Waals surface area contributed by atoms with Crippen LogP contribution in [0.5, 0.6) is 0 Å². The third kappa shape index (κ3) is 6.35. The molecular formula is C6H10Te. The molecule has 7 heavy (non-hydrogen) atoms. The zero-order chi connectivity index (χ0) is 5.54. The first kappa shape index (κ1) is 7.35. The van der Waals surface area contributed by atoms with Gasteiger partial charge < -0.3 is 0 Å². The molecule has 0 nitrogen and oxygen atoms in total. The van der Waals surface area contributed by atoms with Gasteiger partial charge in [-0.05, 0) is 0 Å². The van der Waals surface area contributed by atoms with Crippen molar-refractivity contribution < 1.29 is 0 Å². The molecule has 0 atom stereocenters. The molecule has 0 N–H and O–H groups in total. The Kier molecular flexibility index (Phi) is 6.67. The fraction of sp³-hybridized carbons (Fsp3) is 0.667. The molecule has 0 amide bonds. The van der Waals surface area contributed by atoms with Gasteiger partial charge in [-0.3, -0.25) is 0 Å². The number of terminal acetylenes is 1. The molecule has 0 aliphatic heterocycles. The molecule has 0 unspecified atom stereocenters. The van der Waals surface area contributed by atoms with E-state index in [0.29, 0.717) is 0 Å². The summed E-state index contributed by atoms with van der Waals surface area (Å²) in [6, 6.07) is 0. The SMILES string of the molecule is C#C[Te]CCCC. The number of hydrogen-bond acceptors (Lipinski definition) is 0. The van der Waals surface area contributed by atoms with Crippen molar-refractivity contribution in [2.24, 2.45) is 0 Å². The van der Waals surface area contributed by atoms with E-state index in [-0.39, 0.29) is 20.9 Å². The van der Waals surface area contributed by atoms with Crippen LogP contribution in [-0.2, 0) is 0 Å². The van der Waals surface area contributed by atoms with Crippen molar-refractivity contribution in [1.29, 1.82) is 0 Å². The average molecular weight is 210 g/mol. The van der Waals surface area contributed by atoms with E-state index in [2.05, 4.69) is 10.9 Å². The summed E-state index contributed by atoms with van der Waals surface area (Å²) in [5.41, 5.74) is 0. The molecule has 40 valence electrons. The molecule has 0 fully saturated rings. The van der Waals surface area contributed by atoms with Crippen molar-refractivity contribution in [2.45, 2.75) is 24.2 Å². The van der Waals surface area contributed by atoms with Crippen molar-refractivity contribution in [1.82, 2.24) is 0 Å². The molecule has 0 bridgehead atoms. The van der Waals surface area contributed by atoms with Gasteiger partial charge in [0.2, 0.25) is 0 Å². The van der Waals surface area contributed by atoms with E-state index in [9.17, 15) is 0 Å². The Morgan fingerprint density at radius 1 is 1.71 bits per heavy atom. The topological polar surface area (TPSA) is 0 Å². The van der Waals surface area contributed by atoms with Crippen LogP contribution in [0.25, 0.3) is 0 Å². The van der Waals surface area contributed by atoms with Crippen LogP contribution in [0.1, 0.15) is 19.8 Å². The van der Waals surface area contributed by atoms with Gasteiger partial charge in [-0.1, -0.05) is 0 Å². The third-order valence-electron chi connectivity index (χ3n) is 0.683. The first-order chi connectivity index (χ1) is 3.41. The Morgan fingerprint density at radius 3 is 2.86 bits per heavy atom. The molecule has 0 aromatic rings. The summed E-state index contributed by atoms with van der Waals surface area (Å²) in [6.07, 6.45) is 7.71. The second-order valence-electron chi connectivity index (χ2n) is 1.32. The molecule has 0 rings (SSSR count). The van der Waals surface area contributed by atoms with Crippen LogP contribution >= 0.6 is 0 Å². The maximum atomic E-state index is 5.08. The molecule has 0 spiro atoms. The number of rotatable bonds is 3. The van der Waals surface area contributed by atoms with Crippen molar-refractivity contribution >= 4 is 20.9 Å². The van der Waals surface area contributed by atoms with Crippen LogP contribution in [-0.4, -0.2) is 20.9 Å². The molecular weight excluding hydrogens is 200 g/mol. The summed E-state index contributed by atoms with van der Waals surface area (Å²) >= 11 is 0.00337. The van der Waals surface area contributed by atoms with Crippen molar-refractivity contribution in [2.75, 3.05) is 0 Å². The van der Waals surface area contributed by atoms with Gasteiger partial charge in [0.1, 0.15) is 0 Å². The van der Waals surface area contributed by atoms with E-state index < -0.39 is 0 Å². The Hall–Kier alpha value is 0.350. The Balaban J connectivity index is 2.60. The zero-order valence-electron chi connectivity index (χ0n) is 4.61. The predicted molar refractivity (Wildman–Crippen MR) is 34.3 cm³/mol. The van der Waals surface area contributed by atoms with Gasteiger partial charge >= 0.3 is 55.5 Å². The molecule has 0 aromatic heterocycles. The van der Waals surface area contributed by atoms with Gasteiger partial charge in [0.25, 0.3) is 0 Å². The van der Waals surface area contributed by atoms with Gasteiger partial charge in [0.05, 0.1) is 0 Å². The molecule has 0 aliphatic carbocycles. The summed E-state index contributed by atoms with van der Waals surface area (Å²) in [4.78, 5) is 0. The molecule has 0 saturated carbocycles. The average Bonchev–Trinajstić information content (AvgIpc) is 1.69. The summed E-state index contributed by atoms with van der Waals surface area (Å²) in [5, 5.41) is 0. The number of unbranched alkanes of at least 4 members (excludes halogenated alkanes) is 1. The van der Waals surface area contributed by atoms with Crippen LogP contribution in [0.3, 0.4) is 0 Å². The standard InChI is InChI=1S/C6H10Te/c1-3-5-6-7-4-2/h2H,3,5-6H2,1H3. The van der Waals surface area contributed by atoms with Gasteiger partial charge in [-0.25, -0.2) is 0 Å². The molecule has 1 heteroatoms. The van der Waals surface area contributed by atoms with Gasteiger partial charge in [-0.15, -0.1) is 0 Å². The normalized spacial score (nSPS) is 8.00. The monoisotopic (exact) mass is 212 g/mol. The Morgan fingerprint density at radius 2 is 2.43 bits per heavy atom. The van der Waals surface area contributed by atoms with Crippen molar-refractivity contribution in [3.8, 4) is 10.4 Å². The zero-order valence-corrected chi connectivity index (χ0v) is 6.94. The van der Waals surface area contributed by atoms with Crippen LogP contribution in [0, 0.1) is 10.4 Å². The minimum absolute atomic E-state index is 0.00337. The van der Waals surface area contributed by atoms with Crippen LogP contribution in [0.2, 0.25) is 4.47 Å². The Labute approximate surface area is 55.8 Å². The summed E-state index contributed by atoms with van der Waals surface area (Å²) in [7, 11) is 0. The number of hydrogen-bond donors (Lipinski definition) is 0. The van der Waals surface area contributed by atoms with Gasteiger partial charge in [-0.2, -0.15) is 0 Å².